The van der Waals surface area contributed by atoms with E-state index in [1.54, 1.807) is 11.3 Å². The highest BCUT2D eigenvalue weighted by Crippen LogP contribution is 2.28. The average molecular weight is 287 g/mol. The van der Waals surface area contributed by atoms with Crippen molar-refractivity contribution in [3.8, 4) is 10.6 Å². The molecule has 3 nitrogen and oxygen atoms in total. The molecular formula is C16H21N3S. The molecule has 20 heavy (non-hydrogen) atoms. The second-order valence-corrected chi connectivity index (χ2v) is 6.71. The Morgan fingerprint density at radius 1 is 1.25 bits per heavy atom. The van der Waals surface area contributed by atoms with Crippen molar-refractivity contribution in [1.29, 1.82) is 0 Å². The molecular weight excluding hydrogens is 266 g/mol. The molecule has 0 spiro atoms. The maximum atomic E-state index is 4.36. The molecule has 1 aliphatic rings. The fourth-order valence-corrected chi connectivity index (χ4v) is 3.23. The van der Waals surface area contributed by atoms with Crippen LogP contribution in [0.1, 0.15) is 35.4 Å². The van der Waals surface area contributed by atoms with E-state index in [1.807, 2.05) is 0 Å². The number of nitrogens with zero attached hydrogens (tertiary/aromatic N) is 2. The Balaban J connectivity index is 1.61. The lowest BCUT2D eigenvalue weighted by Gasteiger charge is -2.02. The van der Waals surface area contributed by atoms with E-state index < -0.39 is 0 Å². The molecule has 0 unspecified atom stereocenters. The Hall–Kier alpha value is -1.26. The minimum Gasteiger partial charge on any atom is -0.314 e. The molecule has 4 heteroatoms. The average Bonchev–Trinajstić information content (AvgIpc) is 3.15. The van der Waals surface area contributed by atoms with Gasteiger partial charge in [0.05, 0.1) is 0 Å². The summed E-state index contributed by atoms with van der Waals surface area (Å²) in [6.07, 6.45) is 4.89. The largest absolute Gasteiger partial charge is 0.314 e. The highest BCUT2D eigenvalue weighted by molar-refractivity contribution is 7.14. The van der Waals surface area contributed by atoms with E-state index in [0.29, 0.717) is 0 Å². The number of aromatic nitrogens is 2. The molecule has 106 valence electrons. The predicted octanol–water partition coefficient (Wildman–Crippen LogP) is 3.51. The summed E-state index contributed by atoms with van der Waals surface area (Å²) in [5, 5.41) is 14.4. The fraction of sp³-hybridized carbons (Fsp3) is 0.500. The van der Waals surface area contributed by atoms with Crippen LogP contribution < -0.4 is 5.32 Å². The van der Waals surface area contributed by atoms with Crippen LogP contribution in [0.2, 0.25) is 0 Å². The van der Waals surface area contributed by atoms with Gasteiger partial charge < -0.3 is 5.32 Å². The van der Waals surface area contributed by atoms with Crippen molar-refractivity contribution in [3.05, 3.63) is 34.3 Å². The van der Waals surface area contributed by atoms with Crippen LogP contribution in [-0.4, -0.2) is 22.8 Å². The van der Waals surface area contributed by atoms with Crippen molar-refractivity contribution < 1.29 is 0 Å². The van der Waals surface area contributed by atoms with E-state index in [9.17, 15) is 0 Å². The van der Waals surface area contributed by atoms with Crippen LogP contribution in [0.4, 0.5) is 0 Å². The minimum atomic E-state index is 0.801. The van der Waals surface area contributed by atoms with Gasteiger partial charge in [-0.25, -0.2) is 0 Å². The van der Waals surface area contributed by atoms with Crippen molar-refractivity contribution in [2.24, 2.45) is 0 Å². The predicted molar refractivity (Wildman–Crippen MR) is 84.2 cm³/mol. The van der Waals surface area contributed by atoms with E-state index in [0.717, 1.165) is 35.4 Å². The normalized spacial score (nSPS) is 14.7. The molecule has 1 heterocycles. The highest BCUT2D eigenvalue weighted by atomic mass is 32.1. The standard InChI is InChI=1S/C16H21N3S/c1-11-5-6-12(2)14(10-11)16-19-18-15(20-16)4-3-9-17-13-7-8-13/h5-6,10,13,17H,3-4,7-9H2,1-2H3. The van der Waals surface area contributed by atoms with E-state index in [2.05, 4.69) is 47.6 Å². The summed E-state index contributed by atoms with van der Waals surface area (Å²) >= 11 is 1.73. The van der Waals surface area contributed by atoms with Gasteiger partial charge in [0.2, 0.25) is 0 Å². The number of aryl methyl sites for hydroxylation is 3. The van der Waals surface area contributed by atoms with Crippen molar-refractivity contribution in [2.75, 3.05) is 6.54 Å². The third-order valence-electron chi connectivity index (χ3n) is 3.67. The second kappa shape index (κ2) is 6.02. The zero-order valence-corrected chi connectivity index (χ0v) is 13.0. The van der Waals surface area contributed by atoms with Gasteiger partial charge in [0.15, 0.2) is 0 Å². The molecule has 1 N–H and O–H groups in total. The van der Waals surface area contributed by atoms with Crippen LogP contribution in [-0.2, 0) is 6.42 Å². The first kappa shape index (κ1) is 13.7. The molecule has 1 aromatic carbocycles. The lowest BCUT2D eigenvalue weighted by atomic mass is 10.1. The molecule has 1 aromatic heterocycles. The summed E-state index contributed by atoms with van der Waals surface area (Å²) in [6.45, 7) is 5.35. The van der Waals surface area contributed by atoms with Crippen LogP contribution >= 0.6 is 11.3 Å². The highest BCUT2D eigenvalue weighted by Gasteiger charge is 2.19. The molecule has 3 rings (SSSR count). The molecule has 0 aliphatic heterocycles. The Morgan fingerprint density at radius 2 is 2.10 bits per heavy atom. The quantitative estimate of drug-likeness (QED) is 0.826. The molecule has 2 aromatic rings. The summed E-state index contributed by atoms with van der Waals surface area (Å²) in [5.74, 6) is 0. The third kappa shape index (κ3) is 3.44. The summed E-state index contributed by atoms with van der Waals surface area (Å²) in [6, 6.07) is 7.30. The third-order valence-corrected chi connectivity index (χ3v) is 4.68. The van der Waals surface area contributed by atoms with Gasteiger partial charge in [-0.3, -0.25) is 0 Å². The Bertz CT molecular complexity index is 587. The first-order valence-corrected chi connectivity index (χ1v) is 8.17. The molecule has 0 bridgehead atoms. The van der Waals surface area contributed by atoms with Crippen molar-refractivity contribution in [2.45, 2.75) is 45.6 Å². The number of rotatable bonds is 6. The maximum Gasteiger partial charge on any atom is 0.148 e. The molecule has 1 fully saturated rings. The molecule has 0 amide bonds. The fourth-order valence-electron chi connectivity index (χ4n) is 2.26. The van der Waals surface area contributed by atoms with Gasteiger partial charge >= 0.3 is 0 Å². The monoisotopic (exact) mass is 287 g/mol. The van der Waals surface area contributed by atoms with E-state index in [4.69, 9.17) is 0 Å². The van der Waals surface area contributed by atoms with Gasteiger partial charge in [0.25, 0.3) is 0 Å². The van der Waals surface area contributed by atoms with Gasteiger partial charge in [0, 0.05) is 18.0 Å². The summed E-state index contributed by atoms with van der Waals surface area (Å²) in [4.78, 5) is 0. The first-order chi connectivity index (χ1) is 9.72. The molecule has 0 atom stereocenters. The van der Waals surface area contributed by atoms with Crippen molar-refractivity contribution in [3.63, 3.8) is 0 Å². The Labute approximate surface area is 124 Å². The van der Waals surface area contributed by atoms with Crippen LogP contribution in [0.5, 0.6) is 0 Å². The number of nitrogens with one attached hydrogen (secondary N) is 1. The Kier molecular flexibility index (Phi) is 4.13. The van der Waals surface area contributed by atoms with E-state index in [1.165, 1.54) is 29.5 Å². The van der Waals surface area contributed by atoms with E-state index >= 15 is 0 Å². The summed E-state index contributed by atoms with van der Waals surface area (Å²) < 4.78 is 0. The molecule has 0 radical (unpaired) electrons. The van der Waals surface area contributed by atoms with Crippen LogP contribution in [0.3, 0.4) is 0 Å². The zero-order valence-electron chi connectivity index (χ0n) is 12.1. The van der Waals surface area contributed by atoms with Gasteiger partial charge in [-0.2, -0.15) is 0 Å². The first-order valence-electron chi connectivity index (χ1n) is 7.36. The van der Waals surface area contributed by atoms with Gasteiger partial charge in [-0.05, 0) is 51.3 Å². The number of hydrogen-bond donors (Lipinski definition) is 1. The lowest BCUT2D eigenvalue weighted by Crippen LogP contribution is -2.17. The summed E-state index contributed by atoms with van der Waals surface area (Å²) in [5.41, 5.74) is 3.77. The van der Waals surface area contributed by atoms with Crippen LogP contribution in [0.15, 0.2) is 18.2 Å². The molecule has 0 saturated heterocycles. The van der Waals surface area contributed by atoms with Crippen molar-refractivity contribution >= 4 is 11.3 Å². The summed E-state index contributed by atoms with van der Waals surface area (Å²) in [7, 11) is 0. The topological polar surface area (TPSA) is 37.8 Å². The zero-order chi connectivity index (χ0) is 13.9. The van der Waals surface area contributed by atoms with Gasteiger partial charge in [0.1, 0.15) is 10.0 Å². The second-order valence-electron chi connectivity index (χ2n) is 5.65. The van der Waals surface area contributed by atoms with Crippen LogP contribution in [0.25, 0.3) is 10.6 Å². The molecule has 1 saturated carbocycles. The lowest BCUT2D eigenvalue weighted by molar-refractivity contribution is 0.643. The van der Waals surface area contributed by atoms with Crippen molar-refractivity contribution in [1.82, 2.24) is 15.5 Å². The van der Waals surface area contributed by atoms with Gasteiger partial charge in [-0.1, -0.05) is 29.0 Å². The SMILES string of the molecule is Cc1ccc(C)c(-c2nnc(CCCNC3CC3)s2)c1. The Morgan fingerprint density at radius 3 is 2.90 bits per heavy atom. The minimum absolute atomic E-state index is 0.801. The van der Waals surface area contributed by atoms with Gasteiger partial charge in [-0.15, -0.1) is 10.2 Å². The number of hydrogen-bond acceptors (Lipinski definition) is 4. The van der Waals surface area contributed by atoms with Crippen LogP contribution in [0, 0.1) is 13.8 Å². The molecule has 1 aliphatic carbocycles. The number of benzene rings is 1. The van der Waals surface area contributed by atoms with E-state index in [-0.39, 0.29) is 0 Å². The maximum absolute atomic E-state index is 4.36. The smallest absolute Gasteiger partial charge is 0.148 e.